The van der Waals surface area contributed by atoms with Crippen LogP contribution in [-0.2, 0) is 0 Å². The molecular formula is C19H21N3O2. The van der Waals surface area contributed by atoms with E-state index in [1.807, 2.05) is 47.4 Å². The first-order valence-corrected chi connectivity index (χ1v) is 8.07. The van der Waals surface area contributed by atoms with Crippen LogP contribution < -0.4 is 9.64 Å². The number of carbonyl (C=O) groups excluding carboxylic acids is 1. The molecule has 24 heavy (non-hydrogen) atoms. The minimum atomic E-state index is 0.0611. The molecule has 1 aromatic carbocycles. The van der Waals surface area contributed by atoms with Gasteiger partial charge in [-0.05, 0) is 36.4 Å². The van der Waals surface area contributed by atoms with Crippen molar-refractivity contribution in [1.29, 1.82) is 0 Å². The second kappa shape index (κ2) is 7.64. The lowest BCUT2D eigenvalue weighted by atomic mass is 10.1. The van der Waals surface area contributed by atoms with Crippen molar-refractivity contribution in [2.75, 3.05) is 37.7 Å². The van der Waals surface area contributed by atoms with E-state index in [2.05, 4.69) is 16.5 Å². The second-order valence-electron chi connectivity index (χ2n) is 5.59. The highest BCUT2D eigenvalue weighted by Gasteiger charge is 2.22. The fourth-order valence-electron chi connectivity index (χ4n) is 2.71. The first kappa shape index (κ1) is 16.1. The number of nitrogens with zero attached hydrogens (tertiary/aromatic N) is 3. The average Bonchev–Trinajstić information content (AvgIpc) is 2.67. The molecule has 1 saturated heterocycles. The van der Waals surface area contributed by atoms with E-state index in [0.29, 0.717) is 25.3 Å². The molecule has 0 unspecified atom stereocenters. The predicted octanol–water partition coefficient (Wildman–Crippen LogP) is 2.61. The van der Waals surface area contributed by atoms with E-state index in [4.69, 9.17) is 4.74 Å². The van der Waals surface area contributed by atoms with Gasteiger partial charge < -0.3 is 14.5 Å². The maximum absolute atomic E-state index is 12.6. The van der Waals surface area contributed by atoms with Crippen molar-refractivity contribution >= 4 is 11.7 Å². The highest BCUT2D eigenvalue weighted by Crippen LogP contribution is 2.17. The summed E-state index contributed by atoms with van der Waals surface area (Å²) in [6.07, 6.45) is 3.49. The SMILES string of the molecule is C=CCOc1ccc(C(=O)N2CCN(c3ccccn3)CC2)cc1. The van der Waals surface area contributed by atoms with Gasteiger partial charge in [0.2, 0.25) is 0 Å². The zero-order valence-corrected chi connectivity index (χ0v) is 13.6. The lowest BCUT2D eigenvalue weighted by Crippen LogP contribution is -2.49. The quantitative estimate of drug-likeness (QED) is 0.794. The molecule has 0 bridgehead atoms. The minimum absolute atomic E-state index is 0.0611. The lowest BCUT2D eigenvalue weighted by Gasteiger charge is -2.35. The number of benzene rings is 1. The van der Waals surface area contributed by atoms with Gasteiger partial charge in [0.05, 0.1) is 0 Å². The van der Waals surface area contributed by atoms with Crippen LogP contribution in [0.4, 0.5) is 5.82 Å². The minimum Gasteiger partial charge on any atom is -0.490 e. The summed E-state index contributed by atoms with van der Waals surface area (Å²) in [6, 6.07) is 13.2. The van der Waals surface area contributed by atoms with Gasteiger partial charge in [-0.1, -0.05) is 18.7 Å². The van der Waals surface area contributed by atoms with E-state index in [0.717, 1.165) is 24.7 Å². The molecular weight excluding hydrogens is 302 g/mol. The summed E-state index contributed by atoms with van der Waals surface area (Å²) in [6.45, 7) is 7.06. The zero-order chi connectivity index (χ0) is 16.8. The summed E-state index contributed by atoms with van der Waals surface area (Å²) in [5.74, 6) is 1.77. The molecule has 0 spiro atoms. The predicted molar refractivity (Wildman–Crippen MR) is 94.5 cm³/mol. The van der Waals surface area contributed by atoms with E-state index in [9.17, 15) is 4.79 Å². The van der Waals surface area contributed by atoms with Crippen LogP contribution >= 0.6 is 0 Å². The molecule has 1 aliphatic rings. The number of aromatic nitrogens is 1. The van der Waals surface area contributed by atoms with Gasteiger partial charge >= 0.3 is 0 Å². The normalized spacial score (nSPS) is 14.3. The molecule has 1 aliphatic heterocycles. The fourth-order valence-corrected chi connectivity index (χ4v) is 2.71. The highest BCUT2D eigenvalue weighted by atomic mass is 16.5. The smallest absolute Gasteiger partial charge is 0.253 e. The topological polar surface area (TPSA) is 45.7 Å². The van der Waals surface area contributed by atoms with Crippen LogP contribution in [0.2, 0.25) is 0 Å². The molecule has 1 amide bonds. The summed E-state index contributed by atoms with van der Waals surface area (Å²) >= 11 is 0. The first-order chi connectivity index (χ1) is 11.8. The largest absolute Gasteiger partial charge is 0.490 e. The Labute approximate surface area is 142 Å². The summed E-state index contributed by atoms with van der Waals surface area (Å²) in [5.41, 5.74) is 0.687. The zero-order valence-electron chi connectivity index (χ0n) is 13.6. The van der Waals surface area contributed by atoms with Crippen molar-refractivity contribution in [3.8, 4) is 5.75 Å². The molecule has 2 heterocycles. The van der Waals surface area contributed by atoms with Crippen LogP contribution in [0.1, 0.15) is 10.4 Å². The Morgan fingerprint density at radius 1 is 1.12 bits per heavy atom. The average molecular weight is 323 g/mol. The van der Waals surface area contributed by atoms with Crippen molar-refractivity contribution in [2.45, 2.75) is 0 Å². The third kappa shape index (κ3) is 3.74. The molecule has 0 N–H and O–H groups in total. The number of anilines is 1. The Hall–Kier alpha value is -2.82. The molecule has 2 aromatic rings. The van der Waals surface area contributed by atoms with Crippen LogP contribution in [0.15, 0.2) is 61.3 Å². The molecule has 5 nitrogen and oxygen atoms in total. The Bertz CT molecular complexity index is 678. The van der Waals surface area contributed by atoms with E-state index >= 15 is 0 Å². The molecule has 5 heteroatoms. The summed E-state index contributed by atoms with van der Waals surface area (Å²) < 4.78 is 5.44. The number of ether oxygens (including phenoxy) is 1. The van der Waals surface area contributed by atoms with Gasteiger partial charge in [0.1, 0.15) is 18.2 Å². The Kier molecular flexibility index (Phi) is 5.11. The van der Waals surface area contributed by atoms with Crippen molar-refractivity contribution in [3.05, 3.63) is 66.9 Å². The molecule has 0 radical (unpaired) electrons. The van der Waals surface area contributed by atoms with Crippen LogP contribution in [-0.4, -0.2) is 48.6 Å². The number of pyridine rings is 1. The van der Waals surface area contributed by atoms with Gasteiger partial charge in [-0.15, -0.1) is 0 Å². The Balaban J connectivity index is 1.58. The third-order valence-electron chi connectivity index (χ3n) is 4.01. The molecule has 1 aromatic heterocycles. The monoisotopic (exact) mass is 323 g/mol. The number of piperazine rings is 1. The van der Waals surface area contributed by atoms with Crippen LogP contribution in [0.5, 0.6) is 5.75 Å². The van der Waals surface area contributed by atoms with Crippen molar-refractivity contribution in [2.24, 2.45) is 0 Å². The molecule has 0 aliphatic carbocycles. The van der Waals surface area contributed by atoms with E-state index in [-0.39, 0.29) is 5.91 Å². The van der Waals surface area contributed by atoms with Crippen molar-refractivity contribution in [3.63, 3.8) is 0 Å². The maximum atomic E-state index is 12.6. The Morgan fingerprint density at radius 3 is 2.50 bits per heavy atom. The molecule has 0 atom stereocenters. The van der Waals surface area contributed by atoms with Crippen molar-refractivity contribution in [1.82, 2.24) is 9.88 Å². The summed E-state index contributed by atoms with van der Waals surface area (Å²) in [7, 11) is 0. The van der Waals surface area contributed by atoms with Gasteiger partial charge in [-0.3, -0.25) is 4.79 Å². The van der Waals surface area contributed by atoms with E-state index in [1.165, 1.54) is 0 Å². The number of carbonyl (C=O) groups is 1. The third-order valence-corrected chi connectivity index (χ3v) is 4.01. The summed E-state index contributed by atoms with van der Waals surface area (Å²) in [5, 5.41) is 0. The van der Waals surface area contributed by atoms with E-state index in [1.54, 1.807) is 12.3 Å². The van der Waals surface area contributed by atoms with E-state index < -0.39 is 0 Å². The Morgan fingerprint density at radius 2 is 1.88 bits per heavy atom. The number of hydrogen-bond acceptors (Lipinski definition) is 4. The van der Waals surface area contributed by atoms with Gasteiger partial charge in [0.25, 0.3) is 5.91 Å². The van der Waals surface area contributed by atoms with Crippen LogP contribution in [0.25, 0.3) is 0 Å². The van der Waals surface area contributed by atoms with Gasteiger partial charge in [-0.25, -0.2) is 4.98 Å². The molecule has 0 saturated carbocycles. The highest BCUT2D eigenvalue weighted by molar-refractivity contribution is 5.94. The van der Waals surface area contributed by atoms with Gasteiger partial charge in [-0.2, -0.15) is 0 Å². The van der Waals surface area contributed by atoms with Gasteiger partial charge in [0, 0.05) is 37.9 Å². The van der Waals surface area contributed by atoms with Crippen LogP contribution in [0, 0.1) is 0 Å². The number of rotatable bonds is 5. The maximum Gasteiger partial charge on any atom is 0.253 e. The first-order valence-electron chi connectivity index (χ1n) is 8.07. The standard InChI is InChI=1S/C19H21N3O2/c1-2-15-24-17-8-6-16(7-9-17)19(23)22-13-11-21(12-14-22)18-5-3-4-10-20-18/h2-10H,1,11-15H2. The van der Waals surface area contributed by atoms with Crippen molar-refractivity contribution < 1.29 is 9.53 Å². The summed E-state index contributed by atoms with van der Waals surface area (Å²) in [4.78, 5) is 21.1. The molecule has 1 fully saturated rings. The number of amides is 1. The number of hydrogen-bond donors (Lipinski definition) is 0. The second-order valence-corrected chi connectivity index (χ2v) is 5.59. The fraction of sp³-hybridized carbons (Fsp3) is 0.263. The van der Waals surface area contributed by atoms with Crippen LogP contribution in [0.3, 0.4) is 0 Å². The lowest BCUT2D eigenvalue weighted by molar-refractivity contribution is 0.0746. The molecule has 124 valence electrons. The van der Waals surface area contributed by atoms with Gasteiger partial charge in [0.15, 0.2) is 0 Å². The molecule has 3 rings (SSSR count).